The molecule has 3 aromatic rings. The number of para-hydroxylation sites is 1. The Balaban J connectivity index is 2.24. The number of aromatic nitrogens is 3. The van der Waals surface area contributed by atoms with Gasteiger partial charge in [0.15, 0.2) is 0 Å². The smallest absolute Gasteiger partial charge is 0.261 e. The van der Waals surface area contributed by atoms with Gasteiger partial charge >= 0.3 is 0 Å². The van der Waals surface area contributed by atoms with Gasteiger partial charge < -0.3 is 4.52 Å². The lowest BCUT2D eigenvalue weighted by Gasteiger charge is -2.13. The minimum absolute atomic E-state index is 0.124. The van der Waals surface area contributed by atoms with Crippen LogP contribution in [0.1, 0.15) is 23.8 Å². The van der Waals surface area contributed by atoms with E-state index in [0.29, 0.717) is 29.0 Å². The van der Waals surface area contributed by atoms with E-state index in [2.05, 4.69) is 10.1 Å². The third kappa shape index (κ3) is 2.20. The lowest BCUT2D eigenvalue weighted by molar-refractivity contribution is 0.408. The number of hydrogen-bond acceptors (Lipinski definition) is 4. The molecule has 0 N–H and O–H groups in total. The van der Waals surface area contributed by atoms with Crippen molar-refractivity contribution in [2.24, 2.45) is 0 Å². The molecule has 0 saturated carbocycles. The van der Waals surface area contributed by atoms with Crippen molar-refractivity contribution in [2.75, 3.05) is 0 Å². The highest BCUT2D eigenvalue weighted by Crippen LogP contribution is 2.19. The van der Waals surface area contributed by atoms with Crippen molar-refractivity contribution in [3.05, 3.63) is 58.5 Å². The molecule has 6 heteroatoms. The lowest BCUT2D eigenvalue weighted by atomic mass is 10.2. The van der Waals surface area contributed by atoms with E-state index in [1.165, 1.54) is 10.8 Å². The number of nitrogens with zero attached hydrogens (tertiary/aromatic N) is 3. The van der Waals surface area contributed by atoms with Crippen LogP contribution in [0.5, 0.6) is 0 Å². The maximum absolute atomic E-state index is 12.6. The summed E-state index contributed by atoms with van der Waals surface area (Å²) in [5.41, 5.74) is 1.18. The van der Waals surface area contributed by atoms with Crippen molar-refractivity contribution in [1.29, 1.82) is 0 Å². The molecule has 1 aromatic carbocycles. The molecular weight excluding hydrogens is 278 g/mol. The molecule has 20 heavy (non-hydrogen) atoms. The third-order valence-corrected chi connectivity index (χ3v) is 3.25. The second-order valence-corrected chi connectivity index (χ2v) is 5.14. The third-order valence-electron chi connectivity index (χ3n) is 3.06. The molecule has 0 aliphatic carbocycles. The summed E-state index contributed by atoms with van der Waals surface area (Å²) in [5.74, 6) is 0.526. The Labute approximate surface area is 119 Å². The van der Waals surface area contributed by atoms with Gasteiger partial charge in [0.05, 0.1) is 22.8 Å². The minimum Gasteiger partial charge on any atom is -0.364 e. The fraction of sp³-hybridized carbons (Fsp3) is 0.214. The largest absolute Gasteiger partial charge is 0.364 e. The average molecular weight is 290 g/mol. The number of halogens is 1. The molecule has 0 fully saturated rings. The molecule has 1 atom stereocenters. The van der Waals surface area contributed by atoms with E-state index >= 15 is 0 Å². The first-order valence-electron chi connectivity index (χ1n) is 6.19. The van der Waals surface area contributed by atoms with Crippen molar-refractivity contribution >= 4 is 22.5 Å². The van der Waals surface area contributed by atoms with Crippen molar-refractivity contribution in [3.63, 3.8) is 0 Å². The standard InChI is InChI=1S/C14H12ClN3O2/c1-9(15)13-16-12-5-3-2-4-11(12)14(19)18(13)8-10-6-7-20-17-10/h2-7,9H,8H2,1H3. The summed E-state index contributed by atoms with van der Waals surface area (Å²) in [7, 11) is 0. The Kier molecular flexibility index (Phi) is 3.28. The van der Waals surface area contributed by atoms with Gasteiger partial charge in [0.1, 0.15) is 17.8 Å². The summed E-state index contributed by atoms with van der Waals surface area (Å²) in [4.78, 5) is 17.1. The molecule has 1 unspecified atom stereocenters. The Morgan fingerprint density at radius 2 is 2.15 bits per heavy atom. The van der Waals surface area contributed by atoms with Gasteiger partial charge in [-0.25, -0.2) is 4.98 Å². The Morgan fingerprint density at radius 3 is 2.85 bits per heavy atom. The Morgan fingerprint density at radius 1 is 1.35 bits per heavy atom. The molecule has 2 heterocycles. The quantitative estimate of drug-likeness (QED) is 0.696. The fourth-order valence-electron chi connectivity index (χ4n) is 2.12. The molecule has 0 spiro atoms. The van der Waals surface area contributed by atoms with Crippen molar-refractivity contribution in [3.8, 4) is 0 Å². The zero-order valence-electron chi connectivity index (χ0n) is 10.8. The van der Waals surface area contributed by atoms with Crippen molar-refractivity contribution in [1.82, 2.24) is 14.7 Å². The predicted octanol–water partition coefficient (Wildman–Crippen LogP) is 2.73. The van der Waals surface area contributed by atoms with E-state index in [0.717, 1.165) is 0 Å². The SMILES string of the molecule is CC(Cl)c1nc2ccccc2c(=O)n1Cc1ccon1. The average Bonchev–Trinajstić information content (AvgIpc) is 2.94. The molecular formula is C14H12ClN3O2. The van der Waals surface area contributed by atoms with Crippen molar-refractivity contribution in [2.45, 2.75) is 18.8 Å². The number of rotatable bonds is 3. The van der Waals surface area contributed by atoms with Gasteiger partial charge in [-0.3, -0.25) is 9.36 Å². The zero-order chi connectivity index (χ0) is 14.1. The Bertz CT molecular complexity index is 794. The van der Waals surface area contributed by atoms with E-state index in [-0.39, 0.29) is 10.9 Å². The number of fused-ring (bicyclic) bond motifs is 1. The summed E-state index contributed by atoms with van der Waals surface area (Å²) in [6.07, 6.45) is 1.47. The van der Waals surface area contributed by atoms with Gasteiger partial charge in [0.2, 0.25) is 0 Å². The van der Waals surface area contributed by atoms with E-state index in [9.17, 15) is 4.79 Å². The van der Waals surface area contributed by atoms with E-state index in [4.69, 9.17) is 16.1 Å². The van der Waals surface area contributed by atoms with Crippen LogP contribution < -0.4 is 5.56 Å². The molecule has 102 valence electrons. The molecule has 0 aliphatic heterocycles. The van der Waals surface area contributed by atoms with Crippen LogP contribution >= 0.6 is 11.6 Å². The van der Waals surface area contributed by atoms with Crippen LogP contribution in [0.2, 0.25) is 0 Å². The normalized spacial score (nSPS) is 12.7. The number of benzene rings is 1. The summed E-state index contributed by atoms with van der Waals surface area (Å²) in [5, 5.41) is 4.02. The van der Waals surface area contributed by atoms with E-state index < -0.39 is 0 Å². The summed E-state index contributed by atoms with van der Waals surface area (Å²) < 4.78 is 6.34. The van der Waals surface area contributed by atoms with Crippen LogP contribution in [-0.4, -0.2) is 14.7 Å². The van der Waals surface area contributed by atoms with Gasteiger partial charge in [-0.05, 0) is 19.1 Å². The second kappa shape index (κ2) is 5.09. The first-order chi connectivity index (χ1) is 9.66. The summed E-state index contributed by atoms with van der Waals surface area (Å²) in [6.45, 7) is 2.08. The highest BCUT2D eigenvalue weighted by atomic mass is 35.5. The van der Waals surface area contributed by atoms with Gasteiger partial charge in [-0.15, -0.1) is 11.6 Å². The van der Waals surface area contributed by atoms with E-state index in [1.54, 1.807) is 25.1 Å². The first-order valence-corrected chi connectivity index (χ1v) is 6.63. The van der Waals surface area contributed by atoms with Crippen LogP contribution in [0.3, 0.4) is 0 Å². The monoisotopic (exact) mass is 289 g/mol. The topological polar surface area (TPSA) is 60.9 Å². The lowest BCUT2D eigenvalue weighted by Crippen LogP contribution is -2.26. The number of alkyl halides is 1. The van der Waals surface area contributed by atoms with Crippen LogP contribution in [0.25, 0.3) is 10.9 Å². The molecule has 0 bridgehead atoms. The highest BCUT2D eigenvalue weighted by Gasteiger charge is 2.15. The molecule has 5 nitrogen and oxygen atoms in total. The van der Waals surface area contributed by atoms with Gasteiger partial charge in [0.25, 0.3) is 5.56 Å². The maximum atomic E-state index is 12.6. The van der Waals surface area contributed by atoms with Crippen LogP contribution in [0.4, 0.5) is 0 Å². The van der Waals surface area contributed by atoms with Gasteiger partial charge in [-0.2, -0.15) is 0 Å². The van der Waals surface area contributed by atoms with Crippen molar-refractivity contribution < 1.29 is 4.52 Å². The minimum atomic E-state index is -0.376. The highest BCUT2D eigenvalue weighted by molar-refractivity contribution is 6.20. The van der Waals surface area contributed by atoms with E-state index in [1.807, 2.05) is 12.1 Å². The molecule has 0 amide bonds. The van der Waals surface area contributed by atoms with Crippen LogP contribution in [0, 0.1) is 0 Å². The summed E-state index contributed by atoms with van der Waals surface area (Å²) >= 11 is 6.15. The first kappa shape index (κ1) is 12.9. The molecule has 3 rings (SSSR count). The molecule has 0 radical (unpaired) electrons. The molecule has 0 saturated heterocycles. The second-order valence-electron chi connectivity index (χ2n) is 4.49. The molecule has 2 aromatic heterocycles. The summed E-state index contributed by atoms with van der Waals surface area (Å²) in [6, 6.07) is 8.94. The zero-order valence-corrected chi connectivity index (χ0v) is 11.5. The Hall–Kier alpha value is -2.14. The maximum Gasteiger partial charge on any atom is 0.261 e. The van der Waals surface area contributed by atoms with Gasteiger partial charge in [0, 0.05) is 6.07 Å². The predicted molar refractivity (Wildman–Crippen MR) is 75.9 cm³/mol. The number of hydrogen-bond donors (Lipinski definition) is 0. The molecule has 0 aliphatic rings. The van der Waals surface area contributed by atoms with Crippen LogP contribution in [-0.2, 0) is 6.54 Å². The fourth-order valence-corrected chi connectivity index (χ4v) is 2.29. The van der Waals surface area contributed by atoms with Gasteiger partial charge in [-0.1, -0.05) is 17.3 Å². The van der Waals surface area contributed by atoms with Crippen LogP contribution in [0.15, 0.2) is 45.9 Å².